The molecule has 0 aromatic heterocycles. The Balaban J connectivity index is 1.42. The molecular weight excluding hydrogens is 640 g/mol. The first kappa shape index (κ1) is 37.5. The number of methoxy groups -OCH3 is 1. The lowest BCUT2D eigenvalue weighted by Gasteiger charge is -2.38. The van der Waals surface area contributed by atoms with Crippen LogP contribution < -0.4 is 31.2 Å². The number of urea groups is 1. The van der Waals surface area contributed by atoms with Gasteiger partial charge in [0.15, 0.2) is 5.75 Å². The van der Waals surface area contributed by atoms with Gasteiger partial charge in [-0.1, -0.05) is 31.5 Å². The molecule has 0 aliphatic carbocycles. The number of fused-ring (bicyclic) bond motifs is 1. The Morgan fingerprint density at radius 3 is 2.24 bits per heavy atom. The molecule has 0 unspecified atom stereocenters. The van der Waals surface area contributed by atoms with Crippen molar-refractivity contribution in [3.8, 4) is 11.5 Å². The van der Waals surface area contributed by atoms with Gasteiger partial charge >= 0.3 is 6.03 Å². The van der Waals surface area contributed by atoms with Gasteiger partial charge in [0, 0.05) is 38.0 Å². The molecule has 1 aliphatic heterocycles. The standard InChI is InChI=1S/C37H48N6O7/c1-24-21-43(25(2)23-44)36(47)28-11-10-14-31(41-34(46)16-7-5-6-15-33(45)40-30-13-9-8-12-29(30)38)35(28)50-32(24)22-42(3)37(48)39-26-17-19-27(49-4)20-18-26/h8-14,17-20,24-25,32,44H,5-7,15-16,21-23,38H2,1-4H3,(H,39,48)(H,40,45)(H,41,46)/t24-,25-,32-/m1/s1. The molecule has 0 bridgehead atoms. The highest BCUT2D eigenvalue weighted by molar-refractivity contribution is 6.01. The first-order valence-electron chi connectivity index (χ1n) is 16.8. The highest BCUT2D eigenvalue weighted by Crippen LogP contribution is 2.35. The number of carbonyl (C=O) groups excluding carboxylic acids is 4. The first-order chi connectivity index (χ1) is 24.0. The number of ether oxygens (including phenoxy) is 2. The molecular formula is C37H48N6O7. The fraction of sp³-hybridized carbons (Fsp3) is 0.405. The van der Waals surface area contributed by atoms with Gasteiger partial charge in [-0.2, -0.15) is 0 Å². The molecule has 3 atom stereocenters. The fourth-order valence-electron chi connectivity index (χ4n) is 5.59. The van der Waals surface area contributed by atoms with Gasteiger partial charge in [-0.15, -0.1) is 0 Å². The van der Waals surface area contributed by atoms with Gasteiger partial charge in [-0.05, 0) is 68.3 Å². The van der Waals surface area contributed by atoms with Crippen molar-refractivity contribution in [2.24, 2.45) is 5.92 Å². The monoisotopic (exact) mass is 688 g/mol. The second-order valence-electron chi connectivity index (χ2n) is 12.6. The minimum absolute atomic E-state index is 0.144. The van der Waals surface area contributed by atoms with Crippen LogP contribution in [0.2, 0.25) is 0 Å². The zero-order valence-electron chi connectivity index (χ0n) is 29.1. The average molecular weight is 689 g/mol. The van der Waals surface area contributed by atoms with Gasteiger partial charge in [0.2, 0.25) is 11.8 Å². The minimum Gasteiger partial charge on any atom is -0.497 e. The number of nitrogens with two attached hydrogens (primary N) is 1. The van der Waals surface area contributed by atoms with Crippen LogP contribution >= 0.6 is 0 Å². The average Bonchev–Trinajstić information content (AvgIpc) is 3.10. The summed E-state index contributed by atoms with van der Waals surface area (Å²) in [6, 6.07) is 18.2. The van der Waals surface area contributed by atoms with Crippen molar-refractivity contribution in [3.63, 3.8) is 0 Å². The van der Waals surface area contributed by atoms with E-state index in [2.05, 4.69) is 16.0 Å². The quantitative estimate of drug-likeness (QED) is 0.114. The van der Waals surface area contributed by atoms with Crippen LogP contribution in [0.15, 0.2) is 66.7 Å². The summed E-state index contributed by atoms with van der Waals surface area (Å²) >= 11 is 0. The Labute approximate surface area is 293 Å². The number of rotatable bonds is 14. The van der Waals surface area contributed by atoms with E-state index in [1.54, 1.807) is 92.7 Å². The lowest BCUT2D eigenvalue weighted by atomic mass is 9.99. The van der Waals surface area contributed by atoms with Gasteiger partial charge in [0.1, 0.15) is 11.9 Å². The number of hydrogen-bond donors (Lipinski definition) is 5. The number of aliphatic hydroxyl groups is 1. The summed E-state index contributed by atoms with van der Waals surface area (Å²) in [6.45, 7) is 3.91. The van der Waals surface area contributed by atoms with E-state index < -0.39 is 12.1 Å². The third kappa shape index (κ3) is 10.1. The summed E-state index contributed by atoms with van der Waals surface area (Å²) in [4.78, 5) is 55.5. The number of nitrogen functional groups attached to an aromatic ring is 1. The van der Waals surface area contributed by atoms with E-state index in [1.807, 2.05) is 6.92 Å². The van der Waals surface area contributed by atoms with E-state index in [0.29, 0.717) is 54.2 Å². The Hall–Kier alpha value is -5.30. The van der Waals surface area contributed by atoms with Crippen molar-refractivity contribution in [1.29, 1.82) is 0 Å². The molecule has 0 saturated heterocycles. The molecule has 0 fully saturated rings. The number of aliphatic hydroxyl groups excluding tert-OH is 1. The smallest absolute Gasteiger partial charge is 0.321 e. The number of para-hydroxylation sites is 3. The van der Waals surface area contributed by atoms with Crippen LogP contribution in [0.25, 0.3) is 0 Å². The van der Waals surface area contributed by atoms with E-state index in [1.165, 1.54) is 4.90 Å². The minimum atomic E-state index is -0.572. The molecule has 13 nitrogen and oxygen atoms in total. The lowest BCUT2D eigenvalue weighted by Crippen LogP contribution is -2.50. The summed E-state index contributed by atoms with van der Waals surface area (Å²) in [5, 5.41) is 18.6. The molecule has 0 spiro atoms. The van der Waals surface area contributed by atoms with Crippen LogP contribution in [-0.4, -0.2) is 84.7 Å². The van der Waals surface area contributed by atoms with Crippen molar-refractivity contribution >= 4 is 46.5 Å². The molecule has 5 amide bonds. The molecule has 0 radical (unpaired) electrons. The van der Waals surface area contributed by atoms with Gasteiger partial charge in [0.25, 0.3) is 5.91 Å². The van der Waals surface area contributed by atoms with Crippen molar-refractivity contribution in [2.45, 2.75) is 58.1 Å². The highest BCUT2D eigenvalue weighted by atomic mass is 16.5. The molecule has 3 aromatic carbocycles. The molecule has 268 valence electrons. The van der Waals surface area contributed by atoms with Crippen LogP contribution in [0.4, 0.5) is 27.5 Å². The highest BCUT2D eigenvalue weighted by Gasteiger charge is 2.35. The van der Waals surface area contributed by atoms with Crippen LogP contribution in [0.5, 0.6) is 11.5 Å². The number of nitrogens with one attached hydrogen (secondary N) is 3. The Morgan fingerprint density at radius 1 is 0.960 bits per heavy atom. The van der Waals surface area contributed by atoms with Crippen molar-refractivity contribution in [3.05, 3.63) is 72.3 Å². The van der Waals surface area contributed by atoms with E-state index in [-0.39, 0.29) is 67.1 Å². The van der Waals surface area contributed by atoms with Crippen LogP contribution in [0.3, 0.4) is 0 Å². The second-order valence-corrected chi connectivity index (χ2v) is 12.6. The molecule has 4 rings (SSSR count). The maximum Gasteiger partial charge on any atom is 0.321 e. The predicted molar refractivity (Wildman–Crippen MR) is 193 cm³/mol. The molecule has 0 saturated carbocycles. The normalized spacial score (nSPS) is 16.2. The molecule has 50 heavy (non-hydrogen) atoms. The Bertz CT molecular complexity index is 1630. The van der Waals surface area contributed by atoms with Crippen molar-refractivity contribution < 1.29 is 33.8 Å². The number of carbonyl (C=O) groups is 4. The van der Waals surface area contributed by atoms with Gasteiger partial charge < -0.3 is 46.1 Å². The Kier molecular flexibility index (Phi) is 13.4. The number of amides is 5. The van der Waals surface area contributed by atoms with E-state index in [4.69, 9.17) is 15.2 Å². The van der Waals surface area contributed by atoms with Gasteiger partial charge in [-0.3, -0.25) is 14.4 Å². The van der Waals surface area contributed by atoms with Crippen LogP contribution in [0.1, 0.15) is 56.3 Å². The Morgan fingerprint density at radius 2 is 1.60 bits per heavy atom. The summed E-state index contributed by atoms with van der Waals surface area (Å²) in [7, 11) is 3.22. The summed E-state index contributed by atoms with van der Waals surface area (Å²) in [6.07, 6.45) is 1.74. The first-order valence-corrected chi connectivity index (χ1v) is 16.8. The maximum atomic E-state index is 13.8. The zero-order valence-corrected chi connectivity index (χ0v) is 29.1. The number of anilines is 4. The summed E-state index contributed by atoms with van der Waals surface area (Å²) < 4.78 is 11.7. The van der Waals surface area contributed by atoms with Gasteiger partial charge in [0.05, 0.1) is 48.9 Å². The SMILES string of the molecule is COc1ccc(NC(=O)N(C)C[C@H]2Oc3c(NC(=O)CCCCCC(=O)Nc4ccccc4N)cccc3C(=O)N([C@H](C)CO)C[C@H]2C)cc1. The fourth-order valence-corrected chi connectivity index (χ4v) is 5.59. The summed E-state index contributed by atoms with van der Waals surface area (Å²) in [5.41, 5.74) is 8.14. The largest absolute Gasteiger partial charge is 0.497 e. The lowest BCUT2D eigenvalue weighted by molar-refractivity contribution is -0.116. The maximum absolute atomic E-state index is 13.8. The molecule has 1 heterocycles. The topological polar surface area (TPSA) is 176 Å². The summed E-state index contributed by atoms with van der Waals surface area (Å²) in [5.74, 6) is -0.117. The van der Waals surface area contributed by atoms with E-state index in [0.717, 1.165) is 0 Å². The molecule has 3 aromatic rings. The number of nitrogens with zero attached hydrogens (tertiary/aromatic N) is 2. The van der Waals surface area contributed by atoms with E-state index in [9.17, 15) is 24.3 Å². The van der Waals surface area contributed by atoms with Crippen LogP contribution in [0, 0.1) is 5.92 Å². The number of unbranched alkanes of at least 4 members (excludes halogenated alkanes) is 2. The third-order valence-electron chi connectivity index (χ3n) is 8.65. The van der Waals surface area contributed by atoms with E-state index >= 15 is 0 Å². The van der Waals surface area contributed by atoms with Crippen molar-refractivity contribution in [1.82, 2.24) is 9.80 Å². The second kappa shape index (κ2) is 17.9. The number of likely N-dealkylation sites (N-methyl/N-ethyl adjacent to an activating group) is 1. The predicted octanol–water partition coefficient (Wildman–Crippen LogP) is 5.19. The third-order valence-corrected chi connectivity index (χ3v) is 8.65. The molecule has 13 heteroatoms. The van der Waals surface area contributed by atoms with Crippen molar-refractivity contribution in [2.75, 3.05) is 55.5 Å². The van der Waals surface area contributed by atoms with Gasteiger partial charge in [-0.25, -0.2) is 4.79 Å². The number of benzene rings is 3. The molecule has 1 aliphatic rings. The zero-order chi connectivity index (χ0) is 36.2. The van der Waals surface area contributed by atoms with Crippen LogP contribution in [-0.2, 0) is 9.59 Å². The number of hydrogen-bond acceptors (Lipinski definition) is 8. The molecule has 6 N–H and O–H groups in total.